The van der Waals surface area contributed by atoms with Crippen LogP contribution in [-0.4, -0.2) is 43.2 Å². The molecule has 1 atom stereocenters. The molecule has 27 heavy (non-hydrogen) atoms. The Labute approximate surface area is 164 Å². The normalized spacial score (nSPS) is 24.1. The van der Waals surface area contributed by atoms with Gasteiger partial charge in [-0.2, -0.15) is 0 Å². The number of nitrogens with zero attached hydrogens (tertiary/aromatic N) is 1. The Balaban J connectivity index is 1.36. The number of thiophene rings is 1. The van der Waals surface area contributed by atoms with Crippen molar-refractivity contribution in [2.45, 2.75) is 43.8 Å². The lowest BCUT2D eigenvalue weighted by atomic mass is 9.82. The van der Waals surface area contributed by atoms with Gasteiger partial charge in [-0.25, -0.2) is 0 Å². The molecule has 0 radical (unpaired) electrons. The maximum absolute atomic E-state index is 12.7. The smallest absolute Gasteiger partial charge is 0.251 e. The fraction of sp³-hybridized carbons (Fsp3) is 0.500. The van der Waals surface area contributed by atoms with E-state index in [1.807, 2.05) is 16.2 Å². The van der Waals surface area contributed by atoms with E-state index in [-0.39, 0.29) is 17.6 Å². The number of amides is 1. The lowest BCUT2D eigenvalue weighted by molar-refractivity contribution is -0.149. The van der Waals surface area contributed by atoms with Crippen molar-refractivity contribution in [1.82, 2.24) is 4.90 Å². The Bertz CT molecular complexity index is 817. The molecule has 2 aromatic rings. The Morgan fingerprint density at radius 2 is 1.96 bits per heavy atom. The summed E-state index contributed by atoms with van der Waals surface area (Å²) >= 11 is 1.90. The average Bonchev–Trinajstić information content (AvgIpc) is 3.40. The molecule has 0 N–H and O–H groups in total. The molecule has 4 heterocycles. The summed E-state index contributed by atoms with van der Waals surface area (Å²) in [5.74, 6) is 0.175. The maximum Gasteiger partial charge on any atom is 0.251 e. The molecular weight excluding hydrogens is 358 g/mol. The van der Waals surface area contributed by atoms with Gasteiger partial charge in [-0.3, -0.25) is 4.79 Å². The highest BCUT2D eigenvalue weighted by Crippen LogP contribution is 2.46. The SMILES string of the molecule is O=C([C@H]1CCCO1)N1CCC2(CC1)OCCc1sc(-c3ccccc3)cc12. The molecule has 5 rings (SSSR count). The molecule has 5 heteroatoms. The Hall–Kier alpha value is -1.69. The molecule has 0 saturated carbocycles. The van der Waals surface area contributed by atoms with Crippen LogP contribution in [0.3, 0.4) is 0 Å². The minimum absolute atomic E-state index is 0.175. The number of benzene rings is 1. The Morgan fingerprint density at radius 1 is 1.15 bits per heavy atom. The summed E-state index contributed by atoms with van der Waals surface area (Å²) in [6.07, 6.45) is 4.40. The van der Waals surface area contributed by atoms with Gasteiger partial charge < -0.3 is 14.4 Å². The number of rotatable bonds is 2. The van der Waals surface area contributed by atoms with Crippen molar-refractivity contribution in [3.05, 3.63) is 46.8 Å². The Morgan fingerprint density at radius 3 is 2.70 bits per heavy atom. The molecule has 3 aliphatic rings. The summed E-state index contributed by atoms with van der Waals surface area (Å²) in [6, 6.07) is 12.9. The molecule has 2 fully saturated rings. The molecule has 2 saturated heterocycles. The van der Waals surface area contributed by atoms with Crippen molar-refractivity contribution in [1.29, 1.82) is 0 Å². The van der Waals surface area contributed by atoms with E-state index in [4.69, 9.17) is 9.47 Å². The first-order chi connectivity index (χ1) is 13.3. The third kappa shape index (κ3) is 3.12. The zero-order valence-electron chi connectivity index (χ0n) is 15.5. The van der Waals surface area contributed by atoms with E-state index >= 15 is 0 Å². The third-order valence-electron chi connectivity index (χ3n) is 6.15. The molecule has 0 aliphatic carbocycles. The minimum atomic E-state index is -0.218. The first-order valence-corrected chi connectivity index (χ1v) is 10.8. The number of carbonyl (C=O) groups excluding carboxylic acids is 1. The second-order valence-electron chi connectivity index (χ2n) is 7.73. The van der Waals surface area contributed by atoms with Crippen LogP contribution in [0.2, 0.25) is 0 Å². The van der Waals surface area contributed by atoms with Gasteiger partial charge in [0.2, 0.25) is 0 Å². The summed E-state index contributed by atoms with van der Waals surface area (Å²) in [4.78, 5) is 17.4. The lowest BCUT2D eigenvalue weighted by Crippen LogP contribution is -2.50. The predicted molar refractivity (Wildman–Crippen MR) is 106 cm³/mol. The van der Waals surface area contributed by atoms with Crippen molar-refractivity contribution in [3.63, 3.8) is 0 Å². The van der Waals surface area contributed by atoms with Gasteiger partial charge in [0.05, 0.1) is 12.2 Å². The van der Waals surface area contributed by atoms with Gasteiger partial charge in [-0.1, -0.05) is 30.3 Å². The molecular formula is C22H25NO3S. The maximum atomic E-state index is 12.7. The van der Waals surface area contributed by atoms with Gasteiger partial charge in [0, 0.05) is 35.9 Å². The quantitative estimate of drug-likeness (QED) is 0.787. The van der Waals surface area contributed by atoms with E-state index in [9.17, 15) is 4.79 Å². The van der Waals surface area contributed by atoms with Crippen LogP contribution in [0.5, 0.6) is 0 Å². The largest absolute Gasteiger partial charge is 0.370 e. The zero-order chi connectivity index (χ0) is 18.3. The van der Waals surface area contributed by atoms with Crippen molar-refractivity contribution in [3.8, 4) is 10.4 Å². The number of hydrogen-bond donors (Lipinski definition) is 0. The predicted octanol–water partition coefficient (Wildman–Crippen LogP) is 3.98. The number of piperidine rings is 1. The van der Waals surface area contributed by atoms with E-state index in [0.29, 0.717) is 0 Å². The van der Waals surface area contributed by atoms with Gasteiger partial charge in [-0.15, -0.1) is 11.3 Å². The van der Waals surface area contributed by atoms with Crippen LogP contribution in [0.4, 0.5) is 0 Å². The second-order valence-corrected chi connectivity index (χ2v) is 8.87. The summed E-state index contributed by atoms with van der Waals surface area (Å²) in [5, 5.41) is 0. The molecule has 3 aliphatic heterocycles. The van der Waals surface area contributed by atoms with Crippen molar-refractivity contribution in [2.75, 3.05) is 26.3 Å². The summed E-state index contributed by atoms with van der Waals surface area (Å²) < 4.78 is 12.0. The molecule has 0 unspecified atom stereocenters. The van der Waals surface area contributed by atoms with Gasteiger partial charge in [0.25, 0.3) is 5.91 Å². The Kier molecular flexibility index (Phi) is 4.54. The van der Waals surface area contributed by atoms with Crippen LogP contribution < -0.4 is 0 Å². The van der Waals surface area contributed by atoms with E-state index in [1.54, 1.807) is 0 Å². The fourth-order valence-electron chi connectivity index (χ4n) is 4.64. The fourth-order valence-corrected chi connectivity index (χ4v) is 5.88. The number of carbonyl (C=O) groups is 1. The van der Waals surface area contributed by atoms with Crippen LogP contribution >= 0.6 is 11.3 Å². The number of ether oxygens (including phenoxy) is 2. The van der Waals surface area contributed by atoms with Gasteiger partial charge in [0.1, 0.15) is 6.10 Å². The summed E-state index contributed by atoms with van der Waals surface area (Å²) in [6.45, 7) is 3.02. The van der Waals surface area contributed by atoms with E-state index in [1.165, 1.54) is 20.9 Å². The standard InChI is InChI=1S/C22H25NO3S/c24-21(18-7-4-13-25-18)23-11-9-22(10-12-23)17-15-20(16-5-2-1-3-6-16)27-19(17)8-14-26-22/h1-3,5-6,15,18H,4,7-14H2/t18-/m1/s1. The minimum Gasteiger partial charge on any atom is -0.370 e. The topological polar surface area (TPSA) is 38.8 Å². The van der Waals surface area contributed by atoms with E-state index in [2.05, 4.69) is 36.4 Å². The van der Waals surface area contributed by atoms with Gasteiger partial charge in [0.15, 0.2) is 0 Å². The first kappa shape index (κ1) is 17.4. The zero-order valence-corrected chi connectivity index (χ0v) is 16.3. The number of fused-ring (bicyclic) bond motifs is 2. The molecule has 1 spiro atoms. The van der Waals surface area contributed by atoms with Crippen molar-refractivity contribution in [2.24, 2.45) is 0 Å². The molecule has 4 nitrogen and oxygen atoms in total. The van der Waals surface area contributed by atoms with Crippen molar-refractivity contribution >= 4 is 17.2 Å². The van der Waals surface area contributed by atoms with Crippen LogP contribution in [-0.2, 0) is 26.3 Å². The molecule has 1 aromatic heterocycles. The second kappa shape index (κ2) is 7.04. The highest BCUT2D eigenvalue weighted by Gasteiger charge is 2.43. The van der Waals surface area contributed by atoms with Crippen LogP contribution in [0.15, 0.2) is 36.4 Å². The third-order valence-corrected chi connectivity index (χ3v) is 7.40. The van der Waals surface area contributed by atoms with Crippen molar-refractivity contribution < 1.29 is 14.3 Å². The van der Waals surface area contributed by atoms with Gasteiger partial charge in [-0.05, 0) is 42.9 Å². The monoisotopic (exact) mass is 383 g/mol. The molecule has 142 valence electrons. The van der Waals surface area contributed by atoms with Gasteiger partial charge >= 0.3 is 0 Å². The van der Waals surface area contributed by atoms with Crippen LogP contribution in [0.25, 0.3) is 10.4 Å². The summed E-state index contributed by atoms with van der Waals surface area (Å²) in [7, 11) is 0. The summed E-state index contributed by atoms with van der Waals surface area (Å²) in [5.41, 5.74) is 2.42. The highest BCUT2D eigenvalue weighted by molar-refractivity contribution is 7.15. The number of hydrogen-bond acceptors (Lipinski definition) is 4. The number of likely N-dealkylation sites (tertiary alicyclic amines) is 1. The molecule has 1 amide bonds. The first-order valence-electron chi connectivity index (χ1n) is 9.98. The van der Waals surface area contributed by atoms with Crippen LogP contribution in [0.1, 0.15) is 36.1 Å². The lowest BCUT2D eigenvalue weighted by Gasteiger charge is -2.44. The van der Waals surface area contributed by atoms with Crippen LogP contribution in [0, 0.1) is 0 Å². The average molecular weight is 384 g/mol. The molecule has 1 aromatic carbocycles. The van der Waals surface area contributed by atoms with E-state index < -0.39 is 0 Å². The van der Waals surface area contributed by atoms with E-state index in [0.717, 1.165) is 58.4 Å². The highest BCUT2D eigenvalue weighted by atomic mass is 32.1. The molecule has 0 bridgehead atoms.